The van der Waals surface area contributed by atoms with E-state index in [2.05, 4.69) is 15.6 Å². The smallest absolute Gasteiger partial charge is 0.328 e. The summed E-state index contributed by atoms with van der Waals surface area (Å²) in [6.45, 7) is 1.41. The van der Waals surface area contributed by atoms with Crippen LogP contribution in [0.15, 0.2) is 5.38 Å². The van der Waals surface area contributed by atoms with E-state index < -0.39 is 24.6 Å². The van der Waals surface area contributed by atoms with Crippen molar-refractivity contribution >= 4 is 23.3 Å². The standard InChI is InChI=1S/C9H13N3O4S/c1-5-11-6(4-17-5)2-10-9(16)12-7(3-13)8(14)15/h4,7,13H,2-3H2,1H3,(H,14,15)(H2,10,12,16)/t7-/m1/s1. The first-order valence-corrected chi connectivity index (χ1v) is 5.70. The summed E-state index contributed by atoms with van der Waals surface area (Å²) in [6, 6.07) is -1.95. The number of aryl methyl sites for hydroxylation is 1. The molecule has 0 saturated heterocycles. The van der Waals surface area contributed by atoms with E-state index in [1.54, 1.807) is 5.38 Å². The van der Waals surface area contributed by atoms with Crippen LogP contribution >= 0.6 is 11.3 Å². The van der Waals surface area contributed by atoms with Gasteiger partial charge in [0.15, 0.2) is 6.04 Å². The van der Waals surface area contributed by atoms with Crippen LogP contribution in [0.1, 0.15) is 10.7 Å². The molecule has 1 atom stereocenters. The molecule has 0 aliphatic rings. The van der Waals surface area contributed by atoms with Gasteiger partial charge in [0, 0.05) is 5.38 Å². The van der Waals surface area contributed by atoms with Crippen LogP contribution in [0.3, 0.4) is 0 Å². The zero-order valence-electron chi connectivity index (χ0n) is 9.14. The lowest BCUT2D eigenvalue weighted by Gasteiger charge is -2.11. The maximum absolute atomic E-state index is 11.3. The van der Waals surface area contributed by atoms with Gasteiger partial charge in [0.2, 0.25) is 0 Å². The number of amides is 2. The number of carboxylic acid groups (broad SMARTS) is 1. The molecule has 0 fully saturated rings. The Morgan fingerprint density at radius 1 is 1.59 bits per heavy atom. The molecule has 0 unspecified atom stereocenters. The van der Waals surface area contributed by atoms with Crippen molar-refractivity contribution in [3.05, 3.63) is 16.1 Å². The predicted molar refractivity (Wildman–Crippen MR) is 60.7 cm³/mol. The summed E-state index contributed by atoms with van der Waals surface area (Å²) in [6.07, 6.45) is 0. The molecule has 0 spiro atoms. The first-order chi connectivity index (χ1) is 8.02. The summed E-state index contributed by atoms with van der Waals surface area (Å²) >= 11 is 1.46. The third kappa shape index (κ3) is 4.37. The van der Waals surface area contributed by atoms with Gasteiger partial charge in [-0.3, -0.25) is 0 Å². The molecule has 1 heterocycles. The fourth-order valence-corrected chi connectivity index (χ4v) is 1.67. The van der Waals surface area contributed by atoms with Crippen molar-refractivity contribution in [3.63, 3.8) is 0 Å². The highest BCUT2D eigenvalue weighted by Gasteiger charge is 2.18. The maximum atomic E-state index is 11.3. The topological polar surface area (TPSA) is 112 Å². The van der Waals surface area contributed by atoms with Crippen molar-refractivity contribution < 1.29 is 19.8 Å². The Morgan fingerprint density at radius 3 is 2.76 bits per heavy atom. The minimum atomic E-state index is -1.30. The van der Waals surface area contributed by atoms with E-state index in [-0.39, 0.29) is 6.54 Å². The van der Waals surface area contributed by atoms with Crippen molar-refractivity contribution in [3.8, 4) is 0 Å². The van der Waals surface area contributed by atoms with E-state index >= 15 is 0 Å². The number of carboxylic acids is 1. The van der Waals surface area contributed by atoms with E-state index in [9.17, 15) is 9.59 Å². The Bertz CT molecular complexity index is 407. The van der Waals surface area contributed by atoms with Gasteiger partial charge < -0.3 is 20.8 Å². The Kier molecular flexibility index (Phi) is 4.85. The van der Waals surface area contributed by atoms with Crippen molar-refractivity contribution in [1.29, 1.82) is 0 Å². The highest BCUT2D eigenvalue weighted by molar-refractivity contribution is 7.09. The molecule has 1 rings (SSSR count). The van der Waals surface area contributed by atoms with Gasteiger partial charge in [-0.1, -0.05) is 0 Å². The summed E-state index contributed by atoms with van der Waals surface area (Å²) < 4.78 is 0. The molecule has 0 aliphatic heterocycles. The lowest BCUT2D eigenvalue weighted by molar-refractivity contribution is -0.140. The minimum absolute atomic E-state index is 0.216. The molecule has 0 bridgehead atoms. The van der Waals surface area contributed by atoms with Gasteiger partial charge in [-0.05, 0) is 6.92 Å². The molecule has 94 valence electrons. The SMILES string of the molecule is Cc1nc(CNC(=O)N[C@H](CO)C(=O)O)cs1. The molecule has 4 N–H and O–H groups in total. The summed E-state index contributed by atoms with van der Waals surface area (Å²) in [4.78, 5) is 25.9. The Balaban J connectivity index is 2.37. The molecule has 0 aromatic carbocycles. The number of rotatable bonds is 5. The molecule has 1 aromatic rings. The number of nitrogens with zero attached hydrogens (tertiary/aromatic N) is 1. The second-order valence-electron chi connectivity index (χ2n) is 3.26. The minimum Gasteiger partial charge on any atom is -0.480 e. The Labute approximate surface area is 101 Å². The largest absolute Gasteiger partial charge is 0.480 e. The van der Waals surface area contributed by atoms with Crippen LogP contribution in [-0.4, -0.2) is 39.8 Å². The van der Waals surface area contributed by atoms with Crippen LogP contribution in [0.5, 0.6) is 0 Å². The zero-order valence-corrected chi connectivity index (χ0v) is 9.95. The molecule has 7 nitrogen and oxygen atoms in total. The Morgan fingerprint density at radius 2 is 2.29 bits per heavy atom. The monoisotopic (exact) mass is 259 g/mol. The molecule has 0 aliphatic carbocycles. The summed E-state index contributed by atoms with van der Waals surface area (Å²) in [5.74, 6) is -1.29. The molecule has 2 amide bonds. The second kappa shape index (κ2) is 6.16. The van der Waals surface area contributed by atoms with E-state index in [0.717, 1.165) is 5.01 Å². The fourth-order valence-electron chi connectivity index (χ4n) is 1.06. The third-order valence-corrected chi connectivity index (χ3v) is 2.70. The van der Waals surface area contributed by atoms with Gasteiger partial charge in [0.25, 0.3) is 0 Å². The maximum Gasteiger partial charge on any atom is 0.328 e. The van der Waals surface area contributed by atoms with Gasteiger partial charge in [-0.2, -0.15) is 0 Å². The number of carbonyl (C=O) groups is 2. The number of aliphatic hydroxyl groups is 1. The number of hydrogen-bond acceptors (Lipinski definition) is 5. The molecule has 1 aromatic heterocycles. The quantitative estimate of drug-likeness (QED) is 0.580. The van der Waals surface area contributed by atoms with Crippen LogP contribution in [0.25, 0.3) is 0 Å². The van der Waals surface area contributed by atoms with Crippen molar-refractivity contribution in [2.75, 3.05) is 6.61 Å². The van der Waals surface area contributed by atoms with Crippen LogP contribution in [0.2, 0.25) is 0 Å². The number of urea groups is 1. The van der Waals surface area contributed by atoms with E-state index in [4.69, 9.17) is 10.2 Å². The predicted octanol–water partition coefficient (Wildman–Crippen LogP) is -0.304. The highest BCUT2D eigenvalue weighted by atomic mass is 32.1. The van der Waals surface area contributed by atoms with E-state index in [1.807, 2.05) is 6.92 Å². The van der Waals surface area contributed by atoms with Crippen LogP contribution < -0.4 is 10.6 Å². The number of nitrogens with one attached hydrogen (secondary N) is 2. The molecular formula is C9H13N3O4S. The average molecular weight is 259 g/mol. The number of aliphatic hydroxyl groups excluding tert-OH is 1. The van der Waals surface area contributed by atoms with Gasteiger partial charge in [0.05, 0.1) is 23.9 Å². The van der Waals surface area contributed by atoms with Gasteiger partial charge >= 0.3 is 12.0 Å². The van der Waals surface area contributed by atoms with Crippen molar-refractivity contribution in [2.45, 2.75) is 19.5 Å². The molecule has 8 heteroatoms. The third-order valence-electron chi connectivity index (χ3n) is 1.88. The van der Waals surface area contributed by atoms with Crippen LogP contribution in [0.4, 0.5) is 4.79 Å². The van der Waals surface area contributed by atoms with E-state index in [1.165, 1.54) is 11.3 Å². The van der Waals surface area contributed by atoms with Gasteiger partial charge in [0.1, 0.15) is 0 Å². The van der Waals surface area contributed by atoms with Crippen molar-refractivity contribution in [1.82, 2.24) is 15.6 Å². The second-order valence-corrected chi connectivity index (χ2v) is 4.32. The lowest BCUT2D eigenvalue weighted by Crippen LogP contribution is -2.47. The number of carbonyl (C=O) groups excluding carboxylic acids is 1. The first kappa shape index (κ1) is 13.4. The Hall–Kier alpha value is -1.67. The number of aromatic nitrogens is 1. The first-order valence-electron chi connectivity index (χ1n) is 4.82. The summed E-state index contributed by atoms with van der Waals surface area (Å²) in [7, 11) is 0. The normalized spacial score (nSPS) is 11.9. The lowest BCUT2D eigenvalue weighted by atomic mass is 10.3. The fraction of sp³-hybridized carbons (Fsp3) is 0.444. The number of thiazole rings is 1. The molecular weight excluding hydrogens is 246 g/mol. The van der Waals surface area contributed by atoms with E-state index in [0.29, 0.717) is 5.69 Å². The molecule has 0 saturated carbocycles. The number of hydrogen-bond donors (Lipinski definition) is 4. The summed E-state index contributed by atoms with van der Waals surface area (Å²) in [5, 5.41) is 24.6. The summed E-state index contributed by atoms with van der Waals surface area (Å²) in [5.41, 5.74) is 0.707. The molecule has 0 radical (unpaired) electrons. The van der Waals surface area contributed by atoms with Gasteiger partial charge in [-0.25, -0.2) is 14.6 Å². The van der Waals surface area contributed by atoms with Crippen LogP contribution in [0, 0.1) is 6.92 Å². The molecule has 17 heavy (non-hydrogen) atoms. The average Bonchev–Trinajstić information content (AvgIpc) is 2.68. The van der Waals surface area contributed by atoms with Crippen LogP contribution in [-0.2, 0) is 11.3 Å². The number of aliphatic carboxylic acids is 1. The zero-order chi connectivity index (χ0) is 12.8. The van der Waals surface area contributed by atoms with Crippen molar-refractivity contribution in [2.24, 2.45) is 0 Å². The van der Waals surface area contributed by atoms with Gasteiger partial charge in [-0.15, -0.1) is 11.3 Å². The highest BCUT2D eigenvalue weighted by Crippen LogP contribution is 2.06.